The van der Waals surface area contributed by atoms with Gasteiger partial charge in [-0.1, -0.05) is 97.1 Å². The van der Waals surface area contributed by atoms with Crippen molar-refractivity contribution >= 4 is 66.9 Å². The molecule has 0 bridgehead atoms. The van der Waals surface area contributed by atoms with E-state index in [9.17, 15) is 9.59 Å². The summed E-state index contributed by atoms with van der Waals surface area (Å²) in [6.45, 7) is 0. The molecular formula is C46H32N4O2. The normalized spacial score (nSPS) is 18.3. The van der Waals surface area contributed by atoms with Crippen LogP contribution in [0.25, 0.3) is 43.4 Å². The maximum absolute atomic E-state index is 13.5. The molecule has 2 unspecified atom stereocenters. The first-order chi connectivity index (χ1) is 25.4. The summed E-state index contributed by atoms with van der Waals surface area (Å²) >= 11 is 0. The van der Waals surface area contributed by atoms with Gasteiger partial charge in [-0.3, -0.25) is 9.59 Å². The second-order valence-corrected chi connectivity index (χ2v) is 13.9. The fourth-order valence-corrected chi connectivity index (χ4v) is 8.34. The number of carbonyl (C=O) groups excluding carboxylic acids is 2. The van der Waals surface area contributed by atoms with E-state index in [2.05, 4.69) is 95.6 Å². The number of nitrogen functional groups attached to an aromatic ring is 2. The van der Waals surface area contributed by atoms with Gasteiger partial charge in [0.15, 0.2) is 0 Å². The van der Waals surface area contributed by atoms with Gasteiger partial charge >= 0.3 is 0 Å². The molecule has 0 aliphatic heterocycles. The Hall–Kier alpha value is -6.92. The first kappa shape index (κ1) is 29.9. The predicted molar refractivity (Wildman–Crippen MR) is 213 cm³/mol. The number of carbonyl (C=O) groups is 2. The maximum Gasteiger partial charge on any atom is 0.255 e. The van der Waals surface area contributed by atoms with E-state index in [0.717, 1.165) is 38.4 Å². The molecule has 248 valence electrons. The second-order valence-electron chi connectivity index (χ2n) is 13.9. The van der Waals surface area contributed by atoms with Crippen LogP contribution in [-0.2, 0) is 4.79 Å². The van der Waals surface area contributed by atoms with E-state index in [1.54, 1.807) is 12.1 Å². The Labute approximate surface area is 299 Å². The Bertz CT molecular complexity index is 2750. The summed E-state index contributed by atoms with van der Waals surface area (Å²) in [5, 5.41) is 12.8. The standard InChI is InChI=1S/C46H32N4O2/c47-37-23-29(15-17-39(37)49-45(51)35-19-31-11-7-25-3-1-4-26-8-12-32(20-35)43(31)41(25)26)30-16-18-40(38(48)24-30)50-46(52)36-21-33-13-9-27-5-2-6-28-10-14-34(22-36)44(33)42(27)28/h1-24,41,43H,47-48H2,(H,49,51)(H,50,52). The van der Waals surface area contributed by atoms with Crippen molar-refractivity contribution in [2.24, 2.45) is 11.8 Å². The van der Waals surface area contributed by atoms with E-state index in [1.807, 2.05) is 48.6 Å². The molecular weight excluding hydrogens is 641 g/mol. The topological polar surface area (TPSA) is 110 Å². The highest BCUT2D eigenvalue weighted by molar-refractivity contribution is 6.24. The van der Waals surface area contributed by atoms with Crippen molar-refractivity contribution in [1.29, 1.82) is 0 Å². The van der Waals surface area contributed by atoms with Crippen molar-refractivity contribution in [3.63, 3.8) is 0 Å². The number of rotatable bonds is 5. The highest BCUT2D eigenvalue weighted by atomic mass is 16.2. The van der Waals surface area contributed by atoms with Crippen LogP contribution in [0.15, 0.2) is 174 Å². The molecule has 2 atom stereocenters. The number of hydrogen-bond acceptors (Lipinski definition) is 4. The third-order valence-corrected chi connectivity index (χ3v) is 10.8. The van der Waals surface area contributed by atoms with E-state index in [-0.39, 0.29) is 17.7 Å². The number of allylic oxidation sites excluding steroid dienone is 12. The van der Waals surface area contributed by atoms with Crippen molar-refractivity contribution in [1.82, 2.24) is 0 Å². The first-order valence-corrected chi connectivity index (χ1v) is 17.4. The minimum Gasteiger partial charge on any atom is -0.397 e. The molecule has 0 spiro atoms. The number of nitrogens with one attached hydrogen (secondary N) is 2. The van der Waals surface area contributed by atoms with Crippen molar-refractivity contribution < 1.29 is 9.59 Å². The minimum atomic E-state index is -0.234. The van der Waals surface area contributed by atoms with Crippen LogP contribution in [0.1, 0.15) is 10.4 Å². The zero-order valence-electron chi connectivity index (χ0n) is 28.0. The number of hydrogen-bond donors (Lipinski definition) is 4. The molecule has 6 nitrogen and oxygen atoms in total. The fourth-order valence-electron chi connectivity index (χ4n) is 8.34. The Morgan fingerprint density at radius 1 is 0.519 bits per heavy atom. The van der Waals surface area contributed by atoms with Crippen LogP contribution in [0.5, 0.6) is 0 Å². The maximum atomic E-state index is 13.5. The Morgan fingerprint density at radius 2 is 1.08 bits per heavy atom. The largest absolute Gasteiger partial charge is 0.397 e. The third kappa shape index (κ3) is 4.72. The zero-order chi connectivity index (χ0) is 35.1. The Kier molecular flexibility index (Phi) is 6.51. The fraction of sp³-hybridized carbons (Fsp3) is 0.0435. The van der Waals surface area contributed by atoms with E-state index < -0.39 is 0 Å². The van der Waals surface area contributed by atoms with Crippen LogP contribution in [0.4, 0.5) is 22.7 Å². The van der Waals surface area contributed by atoms with Crippen LogP contribution in [0.3, 0.4) is 0 Å². The summed E-state index contributed by atoms with van der Waals surface area (Å²) in [4.78, 5) is 27.0. The summed E-state index contributed by atoms with van der Waals surface area (Å²) in [5.74, 6) is 0.0711. The van der Waals surface area contributed by atoms with Crippen LogP contribution in [-0.4, -0.2) is 11.8 Å². The van der Waals surface area contributed by atoms with Gasteiger partial charge in [0.25, 0.3) is 11.8 Å². The molecule has 4 aliphatic carbocycles. The molecule has 0 aromatic heterocycles. The van der Waals surface area contributed by atoms with Crippen LogP contribution < -0.4 is 22.1 Å². The van der Waals surface area contributed by atoms with E-state index in [4.69, 9.17) is 11.5 Å². The average Bonchev–Trinajstić information content (AvgIpc) is 3.17. The molecule has 2 amide bonds. The van der Waals surface area contributed by atoms with Gasteiger partial charge in [-0.25, -0.2) is 0 Å². The highest BCUT2D eigenvalue weighted by Gasteiger charge is 2.38. The number of nitrogens with two attached hydrogens (primary N) is 2. The van der Waals surface area contributed by atoms with E-state index >= 15 is 0 Å². The van der Waals surface area contributed by atoms with Gasteiger partial charge < -0.3 is 22.1 Å². The van der Waals surface area contributed by atoms with Crippen LogP contribution >= 0.6 is 0 Å². The molecule has 52 heavy (non-hydrogen) atoms. The van der Waals surface area contributed by atoms with Crippen molar-refractivity contribution in [3.05, 3.63) is 179 Å². The van der Waals surface area contributed by atoms with Crippen molar-refractivity contribution in [2.75, 3.05) is 22.1 Å². The molecule has 6 aromatic rings. The van der Waals surface area contributed by atoms with Crippen molar-refractivity contribution in [3.8, 4) is 11.1 Å². The molecule has 0 heterocycles. The lowest BCUT2D eigenvalue weighted by atomic mass is 9.64. The van der Waals surface area contributed by atoms with Gasteiger partial charge in [-0.2, -0.15) is 0 Å². The summed E-state index contributed by atoms with van der Waals surface area (Å²) in [7, 11) is 0. The number of benzene rings is 6. The highest BCUT2D eigenvalue weighted by Crippen LogP contribution is 2.49. The van der Waals surface area contributed by atoms with Crippen molar-refractivity contribution in [2.45, 2.75) is 0 Å². The average molecular weight is 673 g/mol. The minimum absolute atomic E-state index is 0.214. The summed E-state index contributed by atoms with van der Waals surface area (Å²) in [6.07, 6.45) is 19.0. The first-order valence-electron chi connectivity index (χ1n) is 17.4. The number of anilines is 4. The molecule has 4 aliphatic rings. The van der Waals surface area contributed by atoms with Crippen LogP contribution in [0.2, 0.25) is 0 Å². The van der Waals surface area contributed by atoms with E-state index in [0.29, 0.717) is 39.8 Å². The molecule has 6 N–H and O–H groups in total. The van der Waals surface area contributed by atoms with Gasteiger partial charge in [-0.05, 0) is 114 Å². The Balaban J connectivity index is 0.864. The molecule has 0 saturated carbocycles. The molecule has 0 saturated heterocycles. The molecule has 10 rings (SSSR count). The molecule has 0 fully saturated rings. The van der Waals surface area contributed by atoms with Crippen LogP contribution in [0, 0.1) is 11.8 Å². The predicted octanol–water partition coefficient (Wildman–Crippen LogP) is 9.64. The monoisotopic (exact) mass is 672 g/mol. The van der Waals surface area contributed by atoms with Gasteiger partial charge in [-0.15, -0.1) is 0 Å². The Morgan fingerprint density at radius 3 is 1.75 bits per heavy atom. The molecule has 6 heteroatoms. The lowest BCUT2D eigenvalue weighted by molar-refractivity contribution is -0.112. The van der Waals surface area contributed by atoms with Gasteiger partial charge in [0, 0.05) is 23.0 Å². The quantitative estimate of drug-likeness (QED) is 0.108. The van der Waals surface area contributed by atoms with Gasteiger partial charge in [0.2, 0.25) is 0 Å². The zero-order valence-corrected chi connectivity index (χ0v) is 28.0. The second kappa shape index (κ2) is 11.3. The van der Waals surface area contributed by atoms with E-state index in [1.165, 1.54) is 27.3 Å². The summed E-state index contributed by atoms with van der Waals surface area (Å²) < 4.78 is 0. The third-order valence-electron chi connectivity index (χ3n) is 10.8. The lowest BCUT2D eigenvalue weighted by Gasteiger charge is -2.39. The van der Waals surface area contributed by atoms with Gasteiger partial charge in [0.05, 0.1) is 22.7 Å². The van der Waals surface area contributed by atoms with Gasteiger partial charge in [0.1, 0.15) is 0 Å². The SMILES string of the molecule is Nc1cc(-c2ccc(NC(=O)c3cc4ccc5cccc6ccc(c3)c4c56)c(N)c2)ccc1NC(=O)C1=CC2=CC=C3C=CC=C4C=CC(=C1)C2C43. The molecule has 0 radical (unpaired) electrons. The smallest absolute Gasteiger partial charge is 0.255 e. The lowest BCUT2D eigenvalue weighted by Crippen LogP contribution is -2.30. The molecule has 6 aromatic carbocycles. The summed E-state index contributed by atoms with van der Waals surface area (Å²) in [5.41, 5.74) is 22.6. The number of amides is 2. The summed E-state index contributed by atoms with van der Waals surface area (Å²) in [6, 6.07) is 29.6.